The van der Waals surface area contributed by atoms with Gasteiger partial charge in [-0.2, -0.15) is 0 Å². The quantitative estimate of drug-likeness (QED) is 0.640. The van der Waals surface area contributed by atoms with Gasteiger partial charge in [-0.15, -0.1) is 0 Å². The van der Waals surface area contributed by atoms with E-state index < -0.39 is 47.8 Å². The van der Waals surface area contributed by atoms with Crippen molar-refractivity contribution in [3.05, 3.63) is 65.2 Å². The standard InChI is InChI=1S/C23H27BF2N2O4/c1-22(2)23(3,4)32-24(31-22)16-8-5-14(6-9-16)12-19(21(27)30)28-20(29)13-15-7-10-17(25)18(26)11-15/h5-11,19H,12-13H2,1-4H3,(H2,27,30)(H,28,29)/t19-/m1/s1. The number of rotatable bonds is 7. The van der Waals surface area contributed by atoms with Gasteiger partial charge in [0.25, 0.3) is 0 Å². The lowest BCUT2D eigenvalue weighted by Gasteiger charge is -2.32. The number of halogens is 2. The summed E-state index contributed by atoms with van der Waals surface area (Å²) in [6, 6.07) is 9.59. The van der Waals surface area contributed by atoms with Gasteiger partial charge in [-0.05, 0) is 56.4 Å². The van der Waals surface area contributed by atoms with Crippen LogP contribution in [0.1, 0.15) is 38.8 Å². The second-order valence-electron chi connectivity index (χ2n) is 8.98. The van der Waals surface area contributed by atoms with Gasteiger partial charge in [0.1, 0.15) is 6.04 Å². The van der Waals surface area contributed by atoms with Crippen LogP contribution < -0.4 is 16.5 Å². The van der Waals surface area contributed by atoms with Crippen LogP contribution in [0.25, 0.3) is 0 Å². The second kappa shape index (κ2) is 9.00. The molecule has 1 heterocycles. The highest BCUT2D eigenvalue weighted by Crippen LogP contribution is 2.36. The smallest absolute Gasteiger partial charge is 0.399 e. The summed E-state index contributed by atoms with van der Waals surface area (Å²) in [5, 5.41) is 2.56. The molecule has 1 saturated heterocycles. The molecule has 0 aliphatic carbocycles. The number of nitrogens with one attached hydrogen (secondary N) is 1. The van der Waals surface area contributed by atoms with E-state index in [-0.39, 0.29) is 18.4 Å². The van der Waals surface area contributed by atoms with Crippen molar-refractivity contribution in [1.29, 1.82) is 0 Å². The maximum absolute atomic E-state index is 13.3. The average Bonchev–Trinajstić information content (AvgIpc) is 2.92. The Morgan fingerprint density at radius 3 is 2.06 bits per heavy atom. The lowest BCUT2D eigenvalue weighted by molar-refractivity contribution is -0.127. The SMILES string of the molecule is CC1(C)OB(c2ccc(C[C@@H](NC(=O)Cc3ccc(F)c(F)c3)C(N)=O)cc2)OC1(C)C. The van der Waals surface area contributed by atoms with Gasteiger partial charge in [0.2, 0.25) is 11.8 Å². The first-order valence-corrected chi connectivity index (χ1v) is 10.3. The molecule has 9 heteroatoms. The summed E-state index contributed by atoms with van der Waals surface area (Å²) < 4.78 is 38.4. The molecule has 3 N–H and O–H groups in total. The normalized spacial score (nSPS) is 17.8. The topological polar surface area (TPSA) is 90.6 Å². The van der Waals surface area contributed by atoms with Crippen molar-refractivity contribution in [1.82, 2.24) is 5.32 Å². The van der Waals surface area contributed by atoms with E-state index in [4.69, 9.17) is 15.0 Å². The van der Waals surface area contributed by atoms with Gasteiger partial charge in [-0.3, -0.25) is 9.59 Å². The van der Waals surface area contributed by atoms with Crippen molar-refractivity contribution >= 4 is 24.4 Å². The van der Waals surface area contributed by atoms with Crippen molar-refractivity contribution in [3.63, 3.8) is 0 Å². The Morgan fingerprint density at radius 1 is 0.969 bits per heavy atom. The zero-order valence-electron chi connectivity index (χ0n) is 18.6. The predicted octanol–water partition coefficient (Wildman–Crippen LogP) is 2.02. The zero-order valence-corrected chi connectivity index (χ0v) is 18.6. The highest BCUT2D eigenvalue weighted by atomic mass is 19.2. The van der Waals surface area contributed by atoms with E-state index in [0.717, 1.165) is 23.2 Å². The number of primary amides is 1. The number of hydrogen-bond donors (Lipinski definition) is 2. The van der Waals surface area contributed by atoms with Crippen LogP contribution in [-0.2, 0) is 31.7 Å². The third kappa shape index (κ3) is 5.34. The van der Waals surface area contributed by atoms with E-state index in [2.05, 4.69) is 5.32 Å². The van der Waals surface area contributed by atoms with Crippen LogP contribution in [0.4, 0.5) is 8.78 Å². The van der Waals surface area contributed by atoms with Gasteiger partial charge in [0, 0.05) is 6.42 Å². The van der Waals surface area contributed by atoms with Crippen LogP contribution in [0.2, 0.25) is 0 Å². The first-order valence-electron chi connectivity index (χ1n) is 10.3. The van der Waals surface area contributed by atoms with Crippen molar-refractivity contribution in [2.24, 2.45) is 5.73 Å². The molecular formula is C23H27BF2N2O4. The maximum Gasteiger partial charge on any atom is 0.494 e. The highest BCUT2D eigenvalue weighted by molar-refractivity contribution is 6.62. The number of hydrogen-bond acceptors (Lipinski definition) is 4. The Balaban J connectivity index is 1.63. The van der Waals surface area contributed by atoms with E-state index in [1.165, 1.54) is 6.07 Å². The molecule has 0 aromatic heterocycles. The van der Waals surface area contributed by atoms with Crippen molar-refractivity contribution in [2.75, 3.05) is 0 Å². The van der Waals surface area contributed by atoms with Gasteiger partial charge in [-0.25, -0.2) is 8.78 Å². The first-order chi connectivity index (χ1) is 14.9. The molecule has 1 aliphatic rings. The van der Waals surface area contributed by atoms with Crippen molar-refractivity contribution < 1.29 is 27.7 Å². The molecular weight excluding hydrogens is 417 g/mol. The van der Waals surface area contributed by atoms with E-state index in [0.29, 0.717) is 0 Å². The molecule has 32 heavy (non-hydrogen) atoms. The Morgan fingerprint density at radius 2 is 1.53 bits per heavy atom. The summed E-state index contributed by atoms with van der Waals surface area (Å²) in [4.78, 5) is 24.2. The molecule has 2 aromatic rings. The summed E-state index contributed by atoms with van der Waals surface area (Å²) in [5.41, 5.74) is 6.46. The third-order valence-electron chi connectivity index (χ3n) is 5.97. The van der Waals surface area contributed by atoms with Gasteiger partial charge >= 0.3 is 7.12 Å². The molecule has 0 saturated carbocycles. The van der Waals surface area contributed by atoms with Gasteiger partial charge < -0.3 is 20.4 Å². The van der Waals surface area contributed by atoms with Gasteiger partial charge in [0.05, 0.1) is 17.6 Å². The molecule has 170 valence electrons. The Labute approximate surface area is 186 Å². The minimum absolute atomic E-state index is 0.183. The molecule has 2 aromatic carbocycles. The molecule has 1 fully saturated rings. The van der Waals surface area contributed by atoms with Crippen LogP contribution in [0.5, 0.6) is 0 Å². The number of carbonyl (C=O) groups excluding carboxylic acids is 2. The minimum atomic E-state index is -1.04. The van der Waals surface area contributed by atoms with Gasteiger partial charge in [-0.1, -0.05) is 30.3 Å². The first kappa shape index (κ1) is 23.9. The molecule has 0 radical (unpaired) electrons. The average molecular weight is 444 g/mol. The van der Waals surface area contributed by atoms with E-state index >= 15 is 0 Å². The molecule has 0 bridgehead atoms. The summed E-state index contributed by atoms with van der Waals surface area (Å²) >= 11 is 0. The van der Waals surface area contributed by atoms with Gasteiger partial charge in [0.15, 0.2) is 11.6 Å². The molecule has 0 unspecified atom stereocenters. The summed E-state index contributed by atoms with van der Waals surface area (Å²) in [7, 11) is -0.503. The predicted molar refractivity (Wildman–Crippen MR) is 117 cm³/mol. The monoisotopic (exact) mass is 444 g/mol. The summed E-state index contributed by atoms with van der Waals surface area (Å²) in [6.45, 7) is 7.90. The van der Waals surface area contributed by atoms with E-state index in [1.807, 2.05) is 52.0 Å². The fourth-order valence-corrected chi connectivity index (χ4v) is 3.33. The van der Waals surface area contributed by atoms with Crippen LogP contribution in [0.3, 0.4) is 0 Å². The molecule has 0 spiro atoms. The molecule has 1 atom stereocenters. The molecule has 1 aliphatic heterocycles. The zero-order chi connectivity index (χ0) is 23.7. The second-order valence-corrected chi connectivity index (χ2v) is 8.98. The van der Waals surface area contributed by atoms with Crippen LogP contribution in [0, 0.1) is 11.6 Å². The number of benzene rings is 2. The highest BCUT2D eigenvalue weighted by Gasteiger charge is 2.51. The lowest BCUT2D eigenvalue weighted by Crippen LogP contribution is -2.46. The Hall–Kier alpha value is -2.78. The fourth-order valence-electron chi connectivity index (χ4n) is 3.33. The summed E-state index contributed by atoms with van der Waals surface area (Å²) in [6.07, 6.45) is -0.0235. The third-order valence-corrected chi connectivity index (χ3v) is 5.97. The molecule has 6 nitrogen and oxygen atoms in total. The van der Waals surface area contributed by atoms with E-state index in [9.17, 15) is 18.4 Å². The van der Waals surface area contributed by atoms with Crippen molar-refractivity contribution in [2.45, 2.75) is 57.8 Å². The number of nitrogens with two attached hydrogens (primary N) is 1. The maximum atomic E-state index is 13.3. The van der Waals surface area contributed by atoms with Crippen LogP contribution >= 0.6 is 0 Å². The Bertz CT molecular complexity index is 996. The molecule has 2 amide bonds. The minimum Gasteiger partial charge on any atom is -0.399 e. The fraction of sp³-hybridized carbons (Fsp3) is 0.391. The van der Waals surface area contributed by atoms with Crippen LogP contribution in [0.15, 0.2) is 42.5 Å². The van der Waals surface area contributed by atoms with E-state index in [1.54, 1.807) is 0 Å². The van der Waals surface area contributed by atoms with Crippen LogP contribution in [-0.4, -0.2) is 36.2 Å². The van der Waals surface area contributed by atoms with Crippen molar-refractivity contribution in [3.8, 4) is 0 Å². The largest absolute Gasteiger partial charge is 0.494 e. The lowest BCUT2D eigenvalue weighted by atomic mass is 9.78. The molecule has 3 rings (SSSR count). The Kier molecular flexibility index (Phi) is 6.71. The summed E-state index contributed by atoms with van der Waals surface area (Å²) in [5.74, 6) is -3.25. The number of carbonyl (C=O) groups is 2. The number of amides is 2.